The van der Waals surface area contributed by atoms with Crippen molar-refractivity contribution in [1.29, 1.82) is 0 Å². The van der Waals surface area contributed by atoms with Crippen LogP contribution < -0.4 is 10.5 Å². The van der Waals surface area contributed by atoms with Crippen molar-refractivity contribution in [2.45, 2.75) is 19.8 Å². The van der Waals surface area contributed by atoms with E-state index in [1.165, 1.54) is 9.48 Å². The minimum Gasteiger partial charge on any atom is -0.214 e. The molecule has 0 aliphatic rings. The Bertz CT molecular complexity index is 802. The van der Waals surface area contributed by atoms with Gasteiger partial charge in [-0.15, -0.1) is 5.10 Å². The molecule has 0 aliphatic carbocycles. The third-order valence-corrected chi connectivity index (χ3v) is 3.36. The molecule has 3 aromatic rings. The Balaban J connectivity index is 2.13. The van der Waals surface area contributed by atoms with Crippen LogP contribution in [-0.4, -0.2) is 15.0 Å². The van der Waals surface area contributed by atoms with Gasteiger partial charge in [-0.25, -0.2) is 4.79 Å². The van der Waals surface area contributed by atoms with Gasteiger partial charge in [0.2, 0.25) is 0 Å². The number of benzene rings is 2. The van der Waals surface area contributed by atoms with E-state index < -0.39 is 0 Å². The van der Waals surface area contributed by atoms with Crippen molar-refractivity contribution < 1.29 is 4.80 Å². The molecule has 5 nitrogen and oxygen atoms in total. The number of rotatable bonds is 3. The van der Waals surface area contributed by atoms with Crippen LogP contribution in [0.5, 0.6) is 0 Å². The van der Waals surface area contributed by atoms with Gasteiger partial charge >= 0.3 is 5.69 Å². The summed E-state index contributed by atoms with van der Waals surface area (Å²) in [7, 11) is 0. The van der Waals surface area contributed by atoms with E-state index in [2.05, 4.69) is 24.2 Å². The third kappa shape index (κ3) is 2.50. The van der Waals surface area contributed by atoms with Crippen LogP contribution in [0.4, 0.5) is 0 Å². The first-order valence-corrected chi connectivity index (χ1v) is 6.93. The number of H-pyrrole nitrogens is 1. The van der Waals surface area contributed by atoms with Gasteiger partial charge in [0.05, 0.1) is 0 Å². The lowest BCUT2D eigenvalue weighted by molar-refractivity contribution is -0.718. The number of para-hydroxylation sites is 2. The summed E-state index contributed by atoms with van der Waals surface area (Å²) in [5.74, 6) is 0.315. The molecule has 0 unspecified atom stereocenters. The molecule has 0 aliphatic heterocycles. The normalized spacial score (nSPS) is 11.0. The molecule has 0 amide bonds. The summed E-state index contributed by atoms with van der Waals surface area (Å²) in [5.41, 5.74) is 2.46. The standard InChI is InChI=1S/C16H16N4O/c1-12(2)14-10-6-7-11-15(14)19-16(21)17-20(18-19)13-8-4-3-5-9-13/h3-12H,1-2H3/p+1. The van der Waals surface area contributed by atoms with Crippen molar-refractivity contribution >= 4 is 0 Å². The van der Waals surface area contributed by atoms with Gasteiger partial charge in [-0.3, -0.25) is 0 Å². The predicted molar refractivity (Wildman–Crippen MR) is 79.8 cm³/mol. The maximum atomic E-state index is 12.2. The molecule has 2 aromatic carbocycles. The second kappa shape index (κ2) is 5.36. The number of tetrazole rings is 1. The van der Waals surface area contributed by atoms with Crippen LogP contribution in [0.15, 0.2) is 59.4 Å². The summed E-state index contributed by atoms with van der Waals surface area (Å²) in [5, 5.41) is 7.10. The van der Waals surface area contributed by atoms with Gasteiger partial charge in [-0.2, -0.15) is 0 Å². The van der Waals surface area contributed by atoms with Gasteiger partial charge in [-0.05, 0) is 33.6 Å². The molecule has 1 aromatic heterocycles. The van der Waals surface area contributed by atoms with Gasteiger partial charge in [0.15, 0.2) is 11.4 Å². The largest absolute Gasteiger partial charge is 0.471 e. The molecule has 0 saturated carbocycles. The highest BCUT2D eigenvalue weighted by Crippen LogP contribution is 2.20. The van der Waals surface area contributed by atoms with Gasteiger partial charge < -0.3 is 0 Å². The minimum absolute atomic E-state index is 0.257. The average Bonchev–Trinajstić information content (AvgIpc) is 2.90. The number of hydrogen-bond donors (Lipinski definition) is 1. The molecule has 106 valence electrons. The molecule has 0 spiro atoms. The van der Waals surface area contributed by atoms with E-state index >= 15 is 0 Å². The van der Waals surface area contributed by atoms with Crippen LogP contribution in [0.3, 0.4) is 0 Å². The molecular formula is C16H17N4O+. The van der Waals surface area contributed by atoms with Crippen LogP contribution in [0.25, 0.3) is 11.4 Å². The average molecular weight is 281 g/mol. The number of nitrogens with zero attached hydrogens (tertiary/aromatic N) is 3. The van der Waals surface area contributed by atoms with E-state index in [1.807, 2.05) is 54.6 Å². The fourth-order valence-electron chi connectivity index (χ4n) is 2.30. The van der Waals surface area contributed by atoms with Crippen molar-refractivity contribution in [3.8, 4) is 11.4 Å². The Morgan fingerprint density at radius 3 is 2.43 bits per heavy atom. The van der Waals surface area contributed by atoms with E-state index in [0.29, 0.717) is 5.92 Å². The van der Waals surface area contributed by atoms with E-state index in [-0.39, 0.29) is 5.69 Å². The first kappa shape index (κ1) is 13.3. The van der Waals surface area contributed by atoms with Gasteiger partial charge in [0.25, 0.3) is 0 Å². The van der Waals surface area contributed by atoms with Gasteiger partial charge in [0.1, 0.15) is 5.21 Å². The van der Waals surface area contributed by atoms with E-state index in [4.69, 9.17) is 0 Å². The Kier molecular flexibility index (Phi) is 3.39. The molecule has 5 heteroatoms. The summed E-state index contributed by atoms with van der Waals surface area (Å²) in [4.78, 5) is 13.7. The lowest BCUT2D eigenvalue weighted by Crippen LogP contribution is -2.37. The second-order valence-corrected chi connectivity index (χ2v) is 5.18. The van der Waals surface area contributed by atoms with Crippen molar-refractivity contribution in [2.24, 2.45) is 0 Å². The minimum atomic E-state index is -0.257. The van der Waals surface area contributed by atoms with Crippen LogP contribution in [0, 0.1) is 0 Å². The summed E-state index contributed by atoms with van der Waals surface area (Å²) in [6.07, 6.45) is 0. The first-order chi connectivity index (χ1) is 10.2. The highest BCUT2D eigenvalue weighted by molar-refractivity contribution is 5.41. The maximum Gasteiger partial charge on any atom is 0.471 e. The number of aromatic nitrogens is 4. The predicted octanol–water partition coefficient (Wildman–Crippen LogP) is 1.96. The zero-order chi connectivity index (χ0) is 14.8. The lowest BCUT2D eigenvalue weighted by atomic mass is 10.0. The second-order valence-electron chi connectivity index (χ2n) is 5.18. The fourth-order valence-corrected chi connectivity index (χ4v) is 2.30. The van der Waals surface area contributed by atoms with Crippen LogP contribution in [0.2, 0.25) is 0 Å². The zero-order valence-corrected chi connectivity index (χ0v) is 12.0. The Labute approximate surface area is 122 Å². The topological polar surface area (TPSA) is 54.6 Å². The van der Waals surface area contributed by atoms with Crippen molar-refractivity contribution in [1.82, 2.24) is 15.0 Å². The molecule has 21 heavy (non-hydrogen) atoms. The van der Waals surface area contributed by atoms with Gasteiger partial charge in [0, 0.05) is 5.56 Å². The maximum absolute atomic E-state index is 12.2. The van der Waals surface area contributed by atoms with Crippen molar-refractivity contribution in [3.63, 3.8) is 0 Å². The molecular weight excluding hydrogens is 264 g/mol. The van der Waals surface area contributed by atoms with Gasteiger partial charge in [-0.1, -0.05) is 50.2 Å². The number of aromatic amines is 1. The molecule has 1 N–H and O–H groups in total. The molecule has 3 rings (SSSR count). The summed E-state index contributed by atoms with van der Waals surface area (Å²) in [6.45, 7) is 4.20. The summed E-state index contributed by atoms with van der Waals surface area (Å²) >= 11 is 0. The number of hydrogen-bond acceptors (Lipinski definition) is 2. The molecule has 1 heterocycles. The summed E-state index contributed by atoms with van der Waals surface area (Å²) < 4.78 is 1.41. The van der Waals surface area contributed by atoms with E-state index in [1.54, 1.807) is 0 Å². The highest BCUT2D eigenvalue weighted by Gasteiger charge is 2.20. The van der Waals surface area contributed by atoms with E-state index in [0.717, 1.165) is 16.9 Å². The Morgan fingerprint density at radius 1 is 1.05 bits per heavy atom. The zero-order valence-electron chi connectivity index (χ0n) is 12.0. The molecule has 0 radical (unpaired) electrons. The smallest absolute Gasteiger partial charge is 0.214 e. The SMILES string of the molecule is CC(C)c1ccccc1-n1n[n+](-c2ccccc2)[nH]c1=O. The third-order valence-electron chi connectivity index (χ3n) is 3.36. The van der Waals surface area contributed by atoms with Crippen LogP contribution in [-0.2, 0) is 0 Å². The van der Waals surface area contributed by atoms with Crippen molar-refractivity contribution in [3.05, 3.63) is 70.6 Å². The Morgan fingerprint density at radius 2 is 1.71 bits per heavy atom. The number of nitrogens with one attached hydrogen (secondary N) is 1. The quantitative estimate of drug-likeness (QED) is 0.746. The molecule has 0 bridgehead atoms. The van der Waals surface area contributed by atoms with Crippen LogP contribution >= 0.6 is 0 Å². The Hall–Kier alpha value is -2.69. The van der Waals surface area contributed by atoms with E-state index in [9.17, 15) is 4.79 Å². The summed E-state index contributed by atoms with van der Waals surface area (Å²) in [6, 6.07) is 17.3. The molecule has 0 saturated heterocycles. The monoisotopic (exact) mass is 281 g/mol. The molecule has 0 fully saturated rings. The molecule has 0 atom stereocenters. The van der Waals surface area contributed by atoms with Crippen LogP contribution in [0.1, 0.15) is 25.3 Å². The fraction of sp³-hybridized carbons (Fsp3) is 0.188. The lowest BCUT2D eigenvalue weighted by Gasteiger charge is -2.06. The van der Waals surface area contributed by atoms with Crippen molar-refractivity contribution in [2.75, 3.05) is 0 Å². The highest BCUT2D eigenvalue weighted by atomic mass is 16.2. The first-order valence-electron chi connectivity index (χ1n) is 6.93.